The Labute approximate surface area is 254 Å². The first-order valence-electron chi connectivity index (χ1n) is 14.5. The molecule has 0 saturated carbocycles. The fourth-order valence-electron chi connectivity index (χ4n) is 5.26. The van der Waals surface area contributed by atoms with E-state index in [1.165, 1.54) is 13.2 Å². The fourth-order valence-corrected chi connectivity index (χ4v) is 5.26. The second kappa shape index (κ2) is 14.2. The number of esters is 1. The first kappa shape index (κ1) is 32.2. The van der Waals surface area contributed by atoms with Crippen LogP contribution in [-0.2, 0) is 19.1 Å². The molecule has 2 heterocycles. The zero-order chi connectivity index (χ0) is 32.0. The van der Waals surface area contributed by atoms with Crippen LogP contribution in [0.15, 0.2) is 42.5 Å². The normalized spacial score (nSPS) is 15.9. The lowest BCUT2D eigenvalue weighted by Crippen LogP contribution is -2.53. The number of nitrogens with one attached hydrogen (secondary N) is 4. The number of hydrogen-bond donors (Lipinski definition) is 4. The smallest absolute Gasteiger partial charge is 0.341 e. The molecule has 0 aliphatic carbocycles. The van der Waals surface area contributed by atoms with Crippen molar-refractivity contribution >= 4 is 40.4 Å². The molecule has 12 heteroatoms. The number of Topliss-reactive ketones (excluding diaryl/α,β-unsaturated/α-hetero) is 1. The topological polar surface area (TPSA) is 156 Å². The van der Waals surface area contributed by atoms with Gasteiger partial charge in [-0.3, -0.25) is 19.2 Å². The molecule has 4 rings (SSSR count). The molecule has 3 amide bonds. The lowest BCUT2D eigenvalue weighted by molar-refractivity contribution is -0.131. The zero-order valence-electron chi connectivity index (χ0n) is 25.1. The predicted octanol–water partition coefficient (Wildman–Crippen LogP) is 3.21. The summed E-state index contributed by atoms with van der Waals surface area (Å²) in [5.41, 5.74) is 0.956. The van der Waals surface area contributed by atoms with Crippen molar-refractivity contribution in [1.29, 1.82) is 0 Å². The van der Waals surface area contributed by atoms with Crippen LogP contribution in [0.1, 0.15) is 59.5 Å². The highest BCUT2D eigenvalue weighted by Gasteiger charge is 2.34. The van der Waals surface area contributed by atoms with Crippen molar-refractivity contribution < 1.29 is 37.8 Å². The number of aryl methyl sites for hydroxylation is 1. The minimum atomic E-state index is -1.20. The van der Waals surface area contributed by atoms with Gasteiger partial charge in [-0.1, -0.05) is 32.0 Å². The molecule has 0 unspecified atom stereocenters. The van der Waals surface area contributed by atoms with Crippen LogP contribution in [-0.4, -0.2) is 66.8 Å². The van der Waals surface area contributed by atoms with Gasteiger partial charge < -0.3 is 30.4 Å². The maximum atomic E-state index is 14.3. The van der Waals surface area contributed by atoms with Crippen molar-refractivity contribution in [3.05, 3.63) is 65.1 Å². The van der Waals surface area contributed by atoms with E-state index >= 15 is 0 Å². The van der Waals surface area contributed by atoms with Gasteiger partial charge in [-0.2, -0.15) is 0 Å². The third kappa shape index (κ3) is 7.61. The summed E-state index contributed by atoms with van der Waals surface area (Å²) in [4.78, 5) is 68.1. The minimum absolute atomic E-state index is 0.00594. The molecule has 44 heavy (non-hydrogen) atoms. The van der Waals surface area contributed by atoms with Crippen LogP contribution < -0.4 is 20.7 Å². The highest BCUT2D eigenvalue weighted by molar-refractivity contribution is 6.02. The van der Waals surface area contributed by atoms with E-state index in [0.717, 1.165) is 6.07 Å². The highest BCUT2D eigenvalue weighted by Crippen LogP contribution is 2.26. The Kier molecular flexibility index (Phi) is 10.4. The molecule has 0 bridgehead atoms. The molecule has 3 atom stereocenters. The molecule has 11 nitrogen and oxygen atoms in total. The van der Waals surface area contributed by atoms with E-state index < -0.39 is 54.0 Å². The van der Waals surface area contributed by atoms with Gasteiger partial charge in [-0.15, -0.1) is 0 Å². The monoisotopic (exact) mass is 608 g/mol. The van der Waals surface area contributed by atoms with Gasteiger partial charge in [0.25, 0.3) is 5.91 Å². The Hall–Kier alpha value is -4.74. The molecule has 3 aromatic rings. The fraction of sp³-hybridized carbons (Fsp3) is 0.406. The van der Waals surface area contributed by atoms with E-state index in [1.807, 2.05) is 13.8 Å². The van der Waals surface area contributed by atoms with Crippen molar-refractivity contribution in [3.63, 3.8) is 0 Å². The van der Waals surface area contributed by atoms with Gasteiger partial charge in [0.1, 0.15) is 23.3 Å². The quantitative estimate of drug-likeness (QED) is 0.217. The van der Waals surface area contributed by atoms with Gasteiger partial charge >= 0.3 is 5.97 Å². The first-order valence-corrected chi connectivity index (χ1v) is 14.5. The van der Waals surface area contributed by atoms with Crippen LogP contribution in [0, 0.1) is 24.6 Å². The lowest BCUT2D eigenvalue weighted by Gasteiger charge is -2.25. The summed E-state index contributed by atoms with van der Waals surface area (Å²) in [6, 6.07) is 8.86. The second-order valence-corrected chi connectivity index (χ2v) is 11.3. The average Bonchev–Trinajstić information content (AvgIpc) is 3.60. The van der Waals surface area contributed by atoms with E-state index in [2.05, 4.69) is 20.9 Å². The lowest BCUT2D eigenvalue weighted by atomic mass is 9.95. The van der Waals surface area contributed by atoms with Gasteiger partial charge in [0.15, 0.2) is 12.4 Å². The van der Waals surface area contributed by atoms with Crippen molar-refractivity contribution in [2.45, 2.75) is 52.1 Å². The number of benzene rings is 2. The largest absolute Gasteiger partial charge is 0.496 e. The number of ketones is 1. The van der Waals surface area contributed by atoms with Gasteiger partial charge in [-0.05, 0) is 61.9 Å². The number of carbonyl (C=O) groups excluding carboxylic acids is 5. The molecule has 1 aliphatic heterocycles. The standard InChI is InChI=1S/C32H37FN4O7/c1-17(2)13-24(37-31(41)25-15-20-22(35-25)9-6-10-27(20)43-4)30(40)36-23(14-19-11-12-34-29(19)39)26(38)16-44-32(42)28-18(3)7-5-8-21(28)33/h5-10,15,17,19,23-24,35H,11-14,16H2,1-4H3,(H,34,39)(H,36,40)(H,37,41)/t19-,23-,24-/m0/s1. The van der Waals surface area contributed by atoms with Crippen molar-refractivity contribution in [3.8, 4) is 5.75 Å². The Balaban J connectivity index is 1.50. The summed E-state index contributed by atoms with van der Waals surface area (Å²) in [5.74, 6) is -3.85. The number of aromatic nitrogens is 1. The number of fused-ring (bicyclic) bond motifs is 1. The summed E-state index contributed by atoms with van der Waals surface area (Å²) >= 11 is 0. The summed E-state index contributed by atoms with van der Waals surface area (Å²) in [7, 11) is 1.53. The van der Waals surface area contributed by atoms with Gasteiger partial charge in [-0.25, -0.2) is 9.18 Å². The van der Waals surface area contributed by atoms with Crippen LogP contribution in [0.4, 0.5) is 4.39 Å². The first-order chi connectivity index (χ1) is 21.0. The molecule has 1 saturated heterocycles. The molecule has 1 aromatic heterocycles. The van der Waals surface area contributed by atoms with Crippen molar-refractivity contribution in [2.75, 3.05) is 20.3 Å². The maximum Gasteiger partial charge on any atom is 0.341 e. The molecular weight excluding hydrogens is 571 g/mol. The summed E-state index contributed by atoms with van der Waals surface area (Å²) < 4.78 is 24.8. The molecule has 4 N–H and O–H groups in total. The number of rotatable bonds is 13. The van der Waals surface area contributed by atoms with E-state index in [9.17, 15) is 28.4 Å². The minimum Gasteiger partial charge on any atom is -0.496 e. The summed E-state index contributed by atoms with van der Waals surface area (Å²) in [5, 5.41) is 8.84. The Bertz CT molecular complexity index is 1550. The zero-order valence-corrected chi connectivity index (χ0v) is 25.1. The summed E-state index contributed by atoms with van der Waals surface area (Å²) in [6.45, 7) is 5.00. The van der Waals surface area contributed by atoms with E-state index in [0.29, 0.717) is 35.2 Å². The highest BCUT2D eigenvalue weighted by atomic mass is 19.1. The van der Waals surface area contributed by atoms with Crippen molar-refractivity contribution in [1.82, 2.24) is 20.9 Å². The van der Waals surface area contributed by atoms with Gasteiger partial charge in [0.05, 0.1) is 18.7 Å². The molecule has 1 aliphatic rings. The number of carbonyl (C=O) groups is 5. The predicted molar refractivity (Wildman–Crippen MR) is 160 cm³/mol. The van der Waals surface area contributed by atoms with Crippen LogP contribution in [0.5, 0.6) is 5.75 Å². The number of aromatic amines is 1. The number of amides is 3. The number of halogens is 1. The van der Waals surface area contributed by atoms with Gasteiger partial charge in [0, 0.05) is 23.4 Å². The summed E-state index contributed by atoms with van der Waals surface area (Å²) in [6.07, 6.45) is 0.688. The SMILES string of the molecule is COc1cccc2[nH]c(C(=O)N[C@@H](CC(C)C)C(=O)N[C@@H](C[C@@H]3CCNC3=O)C(=O)COC(=O)c3c(C)cccc3F)cc12. The van der Waals surface area contributed by atoms with Crippen LogP contribution in [0.2, 0.25) is 0 Å². The molecule has 0 radical (unpaired) electrons. The van der Waals surface area contributed by atoms with E-state index in [1.54, 1.807) is 37.3 Å². The second-order valence-electron chi connectivity index (χ2n) is 11.3. The van der Waals surface area contributed by atoms with Crippen LogP contribution in [0.25, 0.3) is 10.9 Å². The number of hydrogen-bond acceptors (Lipinski definition) is 7. The van der Waals surface area contributed by atoms with E-state index in [4.69, 9.17) is 9.47 Å². The number of H-pyrrole nitrogens is 1. The number of methoxy groups -OCH3 is 1. The average molecular weight is 609 g/mol. The third-order valence-corrected chi connectivity index (χ3v) is 7.58. The van der Waals surface area contributed by atoms with Crippen LogP contribution in [0.3, 0.4) is 0 Å². The maximum absolute atomic E-state index is 14.3. The third-order valence-electron chi connectivity index (χ3n) is 7.58. The molecule has 2 aromatic carbocycles. The Morgan fingerprint density at radius 2 is 1.82 bits per heavy atom. The molecule has 1 fully saturated rings. The Morgan fingerprint density at radius 3 is 2.48 bits per heavy atom. The molecule has 0 spiro atoms. The van der Waals surface area contributed by atoms with Crippen molar-refractivity contribution in [2.24, 2.45) is 11.8 Å². The Morgan fingerprint density at radius 1 is 1.07 bits per heavy atom. The van der Waals surface area contributed by atoms with Crippen LogP contribution >= 0.6 is 0 Å². The van der Waals surface area contributed by atoms with E-state index in [-0.39, 0.29) is 35.9 Å². The molecular formula is C32H37FN4O7. The van der Waals surface area contributed by atoms with Gasteiger partial charge in [0.2, 0.25) is 11.8 Å². The number of ether oxygens (including phenoxy) is 2. The molecule has 234 valence electrons.